The molecule has 4 heteroatoms. The third-order valence-electron chi connectivity index (χ3n) is 4.36. The number of nitrogens with zero attached hydrogens (tertiary/aromatic N) is 1. The van der Waals surface area contributed by atoms with Gasteiger partial charge in [0.25, 0.3) is 0 Å². The van der Waals surface area contributed by atoms with Crippen molar-refractivity contribution in [1.82, 2.24) is 4.90 Å². The zero-order valence-corrected chi connectivity index (χ0v) is 14.5. The average Bonchev–Trinajstić information content (AvgIpc) is 2.90. The molecule has 1 aromatic heterocycles. The van der Waals surface area contributed by atoms with Gasteiger partial charge in [0.15, 0.2) is 0 Å². The number of rotatable bonds is 6. The van der Waals surface area contributed by atoms with Crippen molar-refractivity contribution in [3.05, 3.63) is 47.5 Å². The lowest BCUT2D eigenvalue weighted by molar-refractivity contribution is 0.100. The first-order valence-electron chi connectivity index (χ1n) is 8.37. The first-order chi connectivity index (χ1) is 11.4. The Bertz CT molecular complexity index is 880. The summed E-state index contributed by atoms with van der Waals surface area (Å²) in [7, 11) is 2.14. The van der Waals surface area contributed by atoms with Crippen LogP contribution in [0.5, 0.6) is 0 Å². The minimum atomic E-state index is -0.421. The maximum Gasteiger partial charge on any atom is 0.248 e. The van der Waals surface area contributed by atoms with Gasteiger partial charge in [0.1, 0.15) is 11.2 Å². The number of hydrogen-bond donors (Lipinski definition) is 1. The van der Waals surface area contributed by atoms with Crippen molar-refractivity contribution in [2.45, 2.75) is 26.8 Å². The van der Waals surface area contributed by atoms with E-state index < -0.39 is 5.91 Å². The molecule has 0 aliphatic carbocycles. The van der Waals surface area contributed by atoms with E-state index in [0.717, 1.165) is 35.0 Å². The molecule has 24 heavy (non-hydrogen) atoms. The van der Waals surface area contributed by atoms with Gasteiger partial charge >= 0.3 is 0 Å². The summed E-state index contributed by atoms with van der Waals surface area (Å²) in [4.78, 5) is 13.8. The maximum absolute atomic E-state index is 11.4. The Balaban J connectivity index is 1.92. The molecule has 1 heterocycles. The molecule has 4 nitrogen and oxygen atoms in total. The Kier molecular flexibility index (Phi) is 4.58. The molecule has 0 bridgehead atoms. The number of amides is 1. The van der Waals surface area contributed by atoms with Crippen LogP contribution in [0.2, 0.25) is 0 Å². The maximum atomic E-state index is 11.4. The van der Waals surface area contributed by atoms with Crippen molar-refractivity contribution in [2.75, 3.05) is 13.6 Å². The van der Waals surface area contributed by atoms with Crippen molar-refractivity contribution in [2.24, 2.45) is 11.7 Å². The van der Waals surface area contributed by atoms with Crippen molar-refractivity contribution in [1.29, 1.82) is 0 Å². The predicted molar refractivity (Wildman–Crippen MR) is 98.0 cm³/mol. The summed E-state index contributed by atoms with van der Waals surface area (Å²) in [5, 5.41) is 1.97. The van der Waals surface area contributed by atoms with Gasteiger partial charge in [-0.2, -0.15) is 0 Å². The largest absolute Gasteiger partial charge is 0.456 e. The van der Waals surface area contributed by atoms with E-state index in [0.29, 0.717) is 11.5 Å². The number of fused-ring (bicyclic) bond motifs is 3. The summed E-state index contributed by atoms with van der Waals surface area (Å²) in [6.45, 7) is 6.46. The zero-order valence-electron chi connectivity index (χ0n) is 14.5. The molecule has 0 unspecified atom stereocenters. The highest BCUT2D eigenvalue weighted by molar-refractivity contribution is 6.08. The monoisotopic (exact) mass is 324 g/mol. The first-order valence-corrected chi connectivity index (χ1v) is 8.37. The summed E-state index contributed by atoms with van der Waals surface area (Å²) in [6, 6.07) is 11.6. The van der Waals surface area contributed by atoms with Gasteiger partial charge in [0.05, 0.1) is 0 Å². The second-order valence-corrected chi connectivity index (χ2v) is 6.93. The van der Waals surface area contributed by atoms with Crippen LogP contribution < -0.4 is 5.73 Å². The van der Waals surface area contributed by atoms with Crippen molar-refractivity contribution in [3.8, 4) is 0 Å². The highest BCUT2D eigenvalue weighted by atomic mass is 16.3. The number of carbonyl (C=O) groups is 1. The molecule has 0 spiro atoms. The lowest BCUT2D eigenvalue weighted by Crippen LogP contribution is -2.20. The predicted octanol–water partition coefficient (Wildman–Crippen LogP) is 4.16. The molecule has 0 radical (unpaired) electrons. The lowest BCUT2D eigenvalue weighted by Gasteiger charge is -2.17. The Labute approximate surface area is 142 Å². The highest BCUT2D eigenvalue weighted by Crippen LogP contribution is 2.30. The Morgan fingerprint density at radius 2 is 1.79 bits per heavy atom. The molecule has 0 aliphatic rings. The summed E-state index contributed by atoms with van der Waals surface area (Å²) in [6.07, 6.45) is 1.19. The van der Waals surface area contributed by atoms with E-state index >= 15 is 0 Å². The van der Waals surface area contributed by atoms with Gasteiger partial charge < -0.3 is 15.1 Å². The minimum Gasteiger partial charge on any atom is -0.456 e. The normalized spacial score (nSPS) is 11.9. The molecule has 0 fully saturated rings. The summed E-state index contributed by atoms with van der Waals surface area (Å²) in [5.74, 6) is 0.288. The van der Waals surface area contributed by atoms with Gasteiger partial charge in [-0.05, 0) is 61.8 Å². The molecule has 0 atom stereocenters. The van der Waals surface area contributed by atoms with E-state index in [1.54, 1.807) is 6.07 Å². The standard InChI is InChI=1S/C20H24N2O2/c1-13(2)8-9-22(3)12-14-4-6-18-16(10-14)17-11-15(20(21)23)5-7-19(17)24-18/h4-7,10-11,13H,8-9,12H2,1-3H3,(H2,21,23). The van der Waals surface area contributed by atoms with E-state index in [9.17, 15) is 4.79 Å². The fourth-order valence-corrected chi connectivity index (χ4v) is 2.95. The Morgan fingerprint density at radius 3 is 2.46 bits per heavy atom. The average molecular weight is 324 g/mol. The third-order valence-corrected chi connectivity index (χ3v) is 4.36. The van der Waals surface area contributed by atoms with Crippen LogP contribution in [0.4, 0.5) is 0 Å². The number of furan rings is 1. The van der Waals surface area contributed by atoms with Gasteiger partial charge in [-0.1, -0.05) is 19.9 Å². The van der Waals surface area contributed by atoms with Crippen molar-refractivity contribution in [3.63, 3.8) is 0 Å². The van der Waals surface area contributed by atoms with E-state index in [1.165, 1.54) is 12.0 Å². The number of benzene rings is 2. The summed E-state index contributed by atoms with van der Waals surface area (Å²) < 4.78 is 5.86. The van der Waals surface area contributed by atoms with E-state index in [4.69, 9.17) is 10.2 Å². The molecular formula is C20H24N2O2. The zero-order chi connectivity index (χ0) is 17.3. The minimum absolute atomic E-state index is 0.421. The van der Waals surface area contributed by atoms with E-state index in [-0.39, 0.29) is 0 Å². The molecule has 0 saturated heterocycles. The number of carbonyl (C=O) groups excluding carboxylic acids is 1. The summed E-state index contributed by atoms with van der Waals surface area (Å²) >= 11 is 0. The molecule has 1 amide bonds. The highest BCUT2D eigenvalue weighted by Gasteiger charge is 2.11. The van der Waals surface area contributed by atoms with Gasteiger partial charge in [0, 0.05) is 22.9 Å². The Hall–Kier alpha value is -2.33. The molecular weight excluding hydrogens is 300 g/mol. The second-order valence-electron chi connectivity index (χ2n) is 6.93. The SMILES string of the molecule is CC(C)CCN(C)Cc1ccc2oc3ccc(C(N)=O)cc3c2c1. The number of hydrogen-bond acceptors (Lipinski definition) is 3. The molecule has 0 aliphatic heterocycles. The first kappa shape index (κ1) is 16.5. The van der Waals surface area contributed by atoms with Crippen molar-refractivity contribution >= 4 is 27.8 Å². The Morgan fingerprint density at radius 1 is 1.12 bits per heavy atom. The van der Waals surface area contributed by atoms with Crippen LogP contribution in [-0.4, -0.2) is 24.4 Å². The van der Waals surface area contributed by atoms with Crippen LogP contribution in [0, 0.1) is 5.92 Å². The lowest BCUT2D eigenvalue weighted by atomic mass is 10.1. The molecule has 2 N–H and O–H groups in total. The molecule has 2 aromatic carbocycles. The fraction of sp³-hybridized carbons (Fsp3) is 0.350. The topological polar surface area (TPSA) is 59.5 Å². The van der Waals surface area contributed by atoms with Crippen LogP contribution in [0.15, 0.2) is 40.8 Å². The summed E-state index contributed by atoms with van der Waals surface area (Å²) in [5.41, 5.74) is 8.75. The van der Waals surface area contributed by atoms with Crippen molar-refractivity contribution < 1.29 is 9.21 Å². The van der Waals surface area contributed by atoms with Gasteiger partial charge in [0.2, 0.25) is 5.91 Å². The van der Waals surface area contributed by atoms with E-state index in [2.05, 4.69) is 37.9 Å². The van der Waals surface area contributed by atoms with Crippen LogP contribution in [0.25, 0.3) is 21.9 Å². The van der Waals surface area contributed by atoms with Gasteiger partial charge in [-0.25, -0.2) is 0 Å². The van der Waals surface area contributed by atoms with Crippen LogP contribution in [0.1, 0.15) is 36.2 Å². The quantitative estimate of drug-likeness (QED) is 0.740. The molecule has 3 aromatic rings. The second kappa shape index (κ2) is 6.65. The van der Waals surface area contributed by atoms with Crippen LogP contribution in [0.3, 0.4) is 0 Å². The third kappa shape index (κ3) is 3.44. The van der Waals surface area contributed by atoms with Gasteiger partial charge in [-0.15, -0.1) is 0 Å². The fourth-order valence-electron chi connectivity index (χ4n) is 2.95. The van der Waals surface area contributed by atoms with Crippen LogP contribution >= 0.6 is 0 Å². The van der Waals surface area contributed by atoms with Crippen LogP contribution in [-0.2, 0) is 6.54 Å². The molecule has 126 valence electrons. The van der Waals surface area contributed by atoms with E-state index in [1.807, 2.05) is 18.2 Å². The number of nitrogens with two attached hydrogens (primary N) is 1. The molecule has 3 rings (SSSR count). The smallest absolute Gasteiger partial charge is 0.248 e. The van der Waals surface area contributed by atoms with Gasteiger partial charge in [-0.3, -0.25) is 4.79 Å². The number of primary amides is 1. The molecule has 0 saturated carbocycles.